The molecule has 0 bridgehead atoms. The molecule has 0 spiro atoms. The monoisotopic (exact) mass is 355 g/mol. The normalized spacial score (nSPS) is 10.4. The number of nitrogen functional groups attached to an aromatic ring is 1. The molecule has 128 valence electrons. The predicted molar refractivity (Wildman–Crippen MR) is 100 cm³/mol. The van der Waals surface area contributed by atoms with Gasteiger partial charge in [-0.05, 0) is 42.1 Å². The second-order valence-electron chi connectivity index (χ2n) is 5.30. The lowest BCUT2D eigenvalue weighted by Gasteiger charge is -2.09. The van der Waals surface area contributed by atoms with Crippen LogP contribution in [0.2, 0.25) is 0 Å². The fourth-order valence-corrected chi connectivity index (χ4v) is 2.93. The number of nitrogens with zero attached hydrogens (tertiary/aromatic N) is 1. The summed E-state index contributed by atoms with van der Waals surface area (Å²) < 4.78 is 0. The number of benzene rings is 1. The summed E-state index contributed by atoms with van der Waals surface area (Å²) in [4.78, 5) is 30.5. The summed E-state index contributed by atoms with van der Waals surface area (Å²) in [5, 5.41) is 8.00. The van der Waals surface area contributed by atoms with Gasteiger partial charge < -0.3 is 16.4 Å². The highest BCUT2D eigenvalue weighted by Gasteiger charge is 2.09. The molecule has 1 amide bonds. The molecule has 3 rings (SSSR count). The number of amides is 1. The van der Waals surface area contributed by atoms with Crippen molar-refractivity contribution in [3.05, 3.63) is 68.9 Å². The van der Waals surface area contributed by atoms with Gasteiger partial charge in [-0.1, -0.05) is 6.07 Å². The Morgan fingerprint density at radius 2 is 2.04 bits per heavy atom. The van der Waals surface area contributed by atoms with Crippen molar-refractivity contribution in [2.24, 2.45) is 0 Å². The molecule has 0 saturated carbocycles. The van der Waals surface area contributed by atoms with Gasteiger partial charge in [0, 0.05) is 22.7 Å². The highest BCUT2D eigenvalue weighted by molar-refractivity contribution is 7.09. The van der Waals surface area contributed by atoms with E-state index in [1.165, 1.54) is 11.1 Å². The van der Waals surface area contributed by atoms with Gasteiger partial charge in [0.05, 0.1) is 6.20 Å². The quantitative estimate of drug-likeness (QED) is 0.542. The third-order valence-corrected chi connectivity index (χ3v) is 4.45. The first kappa shape index (κ1) is 16.7. The third kappa shape index (κ3) is 4.45. The van der Waals surface area contributed by atoms with Crippen molar-refractivity contribution in [2.45, 2.75) is 6.42 Å². The predicted octanol–water partition coefficient (Wildman–Crippen LogP) is 2.32. The molecule has 3 aromatic rings. The molecule has 0 aliphatic heterocycles. The van der Waals surface area contributed by atoms with Gasteiger partial charge >= 0.3 is 5.69 Å². The zero-order valence-corrected chi connectivity index (χ0v) is 14.1. The molecule has 0 aliphatic carbocycles. The van der Waals surface area contributed by atoms with E-state index in [2.05, 4.69) is 32.0 Å². The lowest BCUT2D eigenvalue weighted by molar-refractivity contribution is 0.102. The first-order valence-electron chi connectivity index (χ1n) is 7.64. The minimum absolute atomic E-state index is 0.0696. The number of nitrogens with one attached hydrogen (secondary N) is 3. The van der Waals surface area contributed by atoms with Crippen molar-refractivity contribution in [2.75, 3.05) is 22.9 Å². The van der Waals surface area contributed by atoms with E-state index < -0.39 is 5.69 Å². The summed E-state index contributed by atoms with van der Waals surface area (Å²) in [5.41, 5.74) is 6.78. The summed E-state index contributed by atoms with van der Waals surface area (Å²) in [5.74, 6) is -0.258. The van der Waals surface area contributed by atoms with Crippen molar-refractivity contribution < 1.29 is 4.79 Å². The van der Waals surface area contributed by atoms with Crippen LogP contribution in [0.5, 0.6) is 0 Å². The van der Waals surface area contributed by atoms with Gasteiger partial charge in [0.1, 0.15) is 11.5 Å². The molecular formula is C17H17N5O2S. The summed E-state index contributed by atoms with van der Waals surface area (Å²) in [7, 11) is 0. The zero-order valence-electron chi connectivity index (χ0n) is 13.3. The third-order valence-electron chi connectivity index (χ3n) is 3.52. The molecule has 2 aromatic heterocycles. The molecule has 5 N–H and O–H groups in total. The van der Waals surface area contributed by atoms with Gasteiger partial charge in [0.15, 0.2) is 0 Å². The topological polar surface area (TPSA) is 113 Å². The van der Waals surface area contributed by atoms with Gasteiger partial charge in [-0.2, -0.15) is 4.98 Å². The van der Waals surface area contributed by atoms with Crippen LogP contribution in [0.1, 0.15) is 15.2 Å². The van der Waals surface area contributed by atoms with Crippen LogP contribution in [0.15, 0.2) is 52.8 Å². The molecule has 25 heavy (non-hydrogen) atoms. The van der Waals surface area contributed by atoms with E-state index in [1.54, 1.807) is 23.5 Å². The van der Waals surface area contributed by atoms with E-state index in [0.29, 0.717) is 5.56 Å². The number of nitrogens with two attached hydrogens (primary N) is 1. The maximum atomic E-state index is 12.2. The van der Waals surface area contributed by atoms with E-state index in [4.69, 9.17) is 5.73 Å². The molecular weight excluding hydrogens is 338 g/mol. The number of carbonyl (C=O) groups excluding carboxylic acids is 1. The first-order chi connectivity index (χ1) is 12.1. The molecule has 1 aromatic carbocycles. The van der Waals surface area contributed by atoms with E-state index in [9.17, 15) is 9.59 Å². The van der Waals surface area contributed by atoms with Crippen LogP contribution in [-0.2, 0) is 6.42 Å². The highest BCUT2D eigenvalue weighted by atomic mass is 32.1. The Hall–Kier alpha value is -3.13. The summed E-state index contributed by atoms with van der Waals surface area (Å²) >= 11 is 1.74. The molecule has 2 heterocycles. The number of rotatable bonds is 6. The Morgan fingerprint density at radius 3 is 2.72 bits per heavy atom. The number of H-pyrrole nitrogens is 1. The zero-order chi connectivity index (χ0) is 17.6. The van der Waals surface area contributed by atoms with Crippen molar-refractivity contribution in [3.63, 3.8) is 0 Å². The number of carbonyl (C=O) groups is 1. The molecule has 0 radical (unpaired) electrons. The van der Waals surface area contributed by atoms with Gasteiger partial charge in [-0.15, -0.1) is 11.3 Å². The van der Waals surface area contributed by atoms with Crippen molar-refractivity contribution in [3.8, 4) is 0 Å². The molecule has 7 nitrogen and oxygen atoms in total. The number of aromatic amines is 1. The van der Waals surface area contributed by atoms with Gasteiger partial charge in [-0.3, -0.25) is 9.78 Å². The minimum Gasteiger partial charge on any atom is -0.385 e. The molecule has 0 fully saturated rings. The maximum absolute atomic E-state index is 12.2. The van der Waals surface area contributed by atoms with Crippen molar-refractivity contribution in [1.82, 2.24) is 9.97 Å². The smallest absolute Gasteiger partial charge is 0.346 e. The molecule has 8 heteroatoms. The van der Waals surface area contributed by atoms with Crippen LogP contribution in [0.3, 0.4) is 0 Å². The average Bonchev–Trinajstić information content (AvgIpc) is 3.11. The second kappa shape index (κ2) is 7.63. The van der Waals surface area contributed by atoms with Crippen LogP contribution < -0.4 is 22.1 Å². The van der Waals surface area contributed by atoms with Crippen LogP contribution in [-0.4, -0.2) is 22.4 Å². The van der Waals surface area contributed by atoms with E-state index in [1.807, 2.05) is 18.2 Å². The van der Waals surface area contributed by atoms with Gasteiger partial charge in [0.2, 0.25) is 0 Å². The SMILES string of the molecule is Nc1[nH]c(=O)ncc1NC(=O)c1ccc(NCCc2cccs2)cc1. The van der Waals surface area contributed by atoms with Gasteiger partial charge in [-0.25, -0.2) is 4.79 Å². The Kier molecular flexibility index (Phi) is 5.10. The highest BCUT2D eigenvalue weighted by Crippen LogP contribution is 2.15. The van der Waals surface area contributed by atoms with Crippen molar-refractivity contribution >= 4 is 34.4 Å². The summed E-state index contributed by atoms with van der Waals surface area (Å²) in [6.07, 6.45) is 2.19. The van der Waals surface area contributed by atoms with E-state index in [0.717, 1.165) is 18.7 Å². The van der Waals surface area contributed by atoms with Crippen LogP contribution >= 0.6 is 11.3 Å². The number of anilines is 3. The van der Waals surface area contributed by atoms with Crippen LogP contribution in [0.4, 0.5) is 17.2 Å². The number of thiophene rings is 1. The summed E-state index contributed by atoms with van der Waals surface area (Å²) in [6.45, 7) is 0.825. The number of hydrogen-bond donors (Lipinski definition) is 4. The lowest BCUT2D eigenvalue weighted by Crippen LogP contribution is -2.18. The van der Waals surface area contributed by atoms with E-state index >= 15 is 0 Å². The number of hydrogen-bond acceptors (Lipinski definition) is 6. The minimum atomic E-state index is -0.562. The van der Waals surface area contributed by atoms with E-state index in [-0.39, 0.29) is 17.4 Å². The molecule has 0 aliphatic rings. The Balaban J connectivity index is 1.57. The molecule has 0 unspecified atom stereocenters. The number of aromatic nitrogens is 2. The largest absolute Gasteiger partial charge is 0.385 e. The lowest BCUT2D eigenvalue weighted by atomic mass is 10.2. The fourth-order valence-electron chi connectivity index (χ4n) is 2.23. The average molecular weight is 355 g/mol. The van der Waals surface area contributed by atoms with Crippen LogP contribution in [0.25, 0.3) is 0 Å². The Labute approximate surface area is 147 Å². The first-order valence-corrected chi connectivity index (χ1v) is 8.52. The fraction of sp³-hybridized carbons (Fsp3) is 0.118. The molecule has 0 atom stereocenters. The summed E-state index contributed by atoms with van der Waals surface area (Å²) in [6, 6.07) is 11.3. The standard InChI is InChI=1S/C17H17N5O2S/c18-15-14(10-20-17(24)22-15)21-16(23)11-3-5-12(6-4-11)19-8-7-13-2-1-9-25-13/h1-6,9-10,19H,7-8H2,(H,21,23)(H3,18,20,22,24). The maximum Gasteiger partial charge on any atom is 0.346 e. The van der Waals surface area contributed by atoms with Crippen LogP contribution in [0, 0.1) is 0 Å². The Bertz CT molecular complexity index is 904. The second-order valence-corrected chi connectivity index (χ2v) is 6.34. The van der Waals surface area contributed by atoms with Gasteiger partial charge in [0.25, 0.3) is 5.91 Å². The molecule has 0 saturated heterocycles. The Morgan fingerprint density at radius 1 is 1.24 bits per heavy atom. The van der Waals surface area contributed by atoms with Crippen molar-refractivity contribution in [1.29, 1.82) is 0 Å².